The standard InChI is InChI=1S/C17H16N4OS3/c1-3-8-18-14(22)10-24-15-7-6-12(20-21-15)16-11(2)19-17(25-16)13-5-4-9-23-13/h3-7,9H,1,8,10H2,2H3,(H,18,22). The van der Waals surface area contributed by atoms with Gasteiger partial charge in [0.2, 0.25) is 5.91 Å². The number of thiazole rings is 1. The van der Waals surface area contributed by atoms with Crippen LogP contribution in [0.1, 0.15) is 5.69 Å². The number of carbonyl (C=O) groups excluding carboxylic acids is 1. The van der Waals surface area contributed by atoms with Crippen LogP contribution in [-0.2, 0) is 4.79 Å². The third-order valence-corrected chi connectivity index (χ3v) is 6.34. The van der Waals surface area contributed by atoms with Crippen molar-refractivity contribution >= 4 is 40.3 Å². The first-order valence-corrected chi connectivity index (χ1v) is 10.2. The molecule has 0 aromatic carbocycles. The molecule has 25 heavy (non-hydrogen) atoms. The molecule has 0 saturated carbocycles. The number of nitrogens with one attached hydrogen (secondary N) is 1. The molecule has 0 fully saturated rings. The predicted molar refractivity (Wildman–Crippen MR) is 105 cm³/mol. The first-order valence-electron chi connectivity index (χ1n) is 7.53. The number of rotatable bonds is 7. The van der Waals surface area contributed by atoms with Crippen LogP contribution in [0.25, 0.3) is 20.5 Å². The second kappa shape index (κ2) is 8.37. The van der Waals surface area contributed by atoms with Gasteiger partial charge in [0.1, 0.15) is 15.7 Å². The fraction of sp³-hybridized carbons (Fsp3) is 0.176. The van der Waals surface area contributed by atoms with E-state index in [1.165, 1.54) is 11.8 Å². The van der Waals surface area contributed by atoms with E-state index in [2.05, 4.69) is 33.1 Å². The van der Waals surface area contributed by atoms with Crippen LogP contribution < -0.4 is 5.32 Å². The highest BCUT2D eigenvalue weighted by Crippen LogP contribution is 2.36. The maximum Gasteiger partial charge on any atom is 0.230 e. The third kappa shape index (κ3) is 4.53. The number of nitrogens with zero attached hydrogens (tertiary/aromatic N) is 3. The molecule has 3 aromatic heterocycles. The minimum absolute atomic E-state index is 0.0466. The second-order valence-electron chi connectivity index (χ2n) is 5.05. The van der Waals surface area contributed by atoms with Gasteiger partial charge in [0.15, 0.2) is 0 Å². The van der Waals surface area contributed by atoms with Crippen molar-refractivity contribution in [3.63, 3.8) is 0 Å². The molecular formula is C17H16N4OS3. The molecule has 0 saturated heterocycles. The van der Waals surface area contributed by atoms with Crippen molar-refractivity contribution in [3.8, 4) is 20.5 Å². The highest BCUT2D eigenvalue weighted by atomic mass is 32.2. The summed E-state index contributed by atoms with van der Waals surface area (Å²) in [4.78, 5) is 18.4. The number of hydrogen-bond acceptors (Lipinski definition) is 7. The van der Waals surface area contributed by atoms with E-state index in [0.29, 0.717) is 12.3 Å². The van der Waals surface area contributed by atoms with Crippen LogP contribution in [0.5, 0.6) is 0 Å². The maximum atomic E-state index is 11.6. The van der Waals surface area contributed by atoms with Gasteiger partial charge in [0.05, 0.1) is 21.2 Å². The van der Waals surface area contributed by atoms with Crippen molar-refractivity contribution < 1.29 is 4.79 Å². The Labute approximate surface area is 158 Å². The fourth-order valence-electron chi connectivity index (χ4n) is 2.03. The van der Waals surface area contributed by atoms with Gasteiger partial charge >= 0.3 is 0 Å². The number of amides is 1. The monoisotopic (exact) mass is 388 g/mol. The van der Waals surface area contributed by atoms with Crippen LogP contribution in [0.3, 0.4) is 0 Å². The summed E-state index contributed by atoms with van der Waals surface area (Å²) < 4.78 is 0. The predicted octanol–water partition coefficient (Wildman–Crippen LogP) is 4.03. The zero-order valence-electron chi connectivity index (χ0n) is 13.6. The quantitative estimate of drug-likeness (QED) is 0.489. The van der Waals surface area contributed by atoms with Gasteiger partial charge in [-0.25, -0.2) is 4.98 Å². The van der Waals surface area contributed by atoms with E-state index >= 15 is 0 Å². The normalized spacial score (nSPS) is 10.6. The van der Waals surface area contributed by atoms with Crippen molar-refractivity contribution in [1.29, 1.82) is 0 Å². The molecule has 3 heterocycles. The third-order valence-electron chi connectivity index (χ3n) is 3.20. The molecule has 0 atom stereocenters. The van der Waals surface area contributed by atoms with E-state index in [1.807, 2.05) is 30.5 Å². The lowest BCUT2D eigenvalue weighted by molar-refractivity contribution is -0.118. The molecule has 3 aromatic rings. The SMILES string of the molecule is C=CCNC(=O)CSc1ccc(-c2sc(-c3cccs3)nc2C)nn1. The summed E-state index contributed by atoms with van der Waals surface area (Å²) in [6.07, 6.45) is 1.65. The summed E-state index contributed by atoms with van der Waals surface area (Å²) in [5.74, 6) is 0.263. The van der Waals surface area contributed by atoms with E-state index in [4.69, 9.17) is 0 Å². The van der Waals surface area contributed by atoms with Crippen molar-refractivity contribution in [3.05, 3.63) is 48.0 Å². The molecule has 0 spiro atoms. The van der Waals surface area contributed by atoms with E-state index in [-0.39, 0.29) is 5.91 Å². The molecule has 0 unspecified atom stereocenters. The van der Waals surface area contributed by atoms with Crippen molar-refractivity contribution in [1.82, 2.24) is 20.5 Å². The molecule has 8 heteroatoms. The summed E-state index contributed by atoms with van der Waals surface area (Å²) in [6, 6.07) is 7.90. The molecule has 0 bridgehead atoms. The van der Waals surface area contributed by atoms with Crippen LogP contribution in [0.2, 0.25) is 0 Å². The van der Waals surface area contributed by atoms with Crippen molar-refractivity contribution in [2.45, 2.75) is 11.9 Å². The average molecular weight is 389 g/mol. The largest absolute Gasteiger partial charge is 0.352 e. The number of hydrogen-bond donors (Lipinski definition) is 1. The minimum atomic E-state index is -0.0466. The molecule has 1 N–H and O–H groups in total. The topological polar surface area (TPSA) is 67.8 Å². The van der Waals surface area contributed by atoms with Crippen LogP contribution >= 0.6 is 34.4 Å². The first-order chi connectivity index (χ1) is 12.2. The van der Waals surface area contributed by atoms with Gasteiger partial charge in [0.25, 0.3) is 0 Å². The lowest BCUT2D eigenvalue weighted by atomic mass is 10.3. The van der Waals surface area contributed by atoms with Gasteiger partial charge in [-0.2, -0.15) is 0 Å². The van der Waals surface area contributed by atoms with Gasteiger partial charge in [-0.15, -0.1) is 39.4 Å². The molecule has 0 aliphatic carbocycles. The van der Waals surface area contributed by atoms with E-state index in [9.17, 15) is 4.79 Å². The van der Waals surface area contributed by atoms with Gasteiger partial charge in [-0.1, -0.05) is 23.9 Å². The Morgan fingerprint density at radius 3 is 2.92 bits per heavy atom. The number of aryl methyl sites for hydroxylation is 1. The summed E-state index contributed by atoms with van der Waals surface area (Å²) in [5, 5.41) is 15.0. The highest BCUT2D eigenvalue weighted by Gasteiger charge is 2.13. The highest BCUT2D eigenvalue weighted by molar-refractivity contribution is 7.99. The number of carbonyl (C=O) groups is 1. The molecule has 3 rings (SSSR count). The Kier molecular flexibility index (Phi) is 5.95. The molecule has 1 amide bonds. The van der Waals surface area contributed by atoms with Gasteiger partial charge in [0, 0.05) is 6.54 Å². The lowest BCUT2D eigenvalue weighted by Gasteiger charge is -2.02. The van der Waals surface area contributed by atoms with E-state index in [0.717, 1.165) is 31.2 Å². The van der Waals surface area contributed by atoms with Crippen LogP contribution in [0.4, 0.5) is 0 Å². The van der Waals surface area contributed by atoms with Crippen LogP contribution in [-0.4, -0.2) is 33.4 Å². The lowest BCUT2D eigenvalue weighted by Crippen LogP contribution is -2.24. The second-order valence-corrected chi connectivity index (χ2v) is 7.99. The number of aromatic nitrogens is 3. The summed E-state index contributed by atoms with van der Waals surface area (Å²) in [7, 11) is 0. The zero-order chi connectivity index (χ0) is 17.6. The Hall–Kier alpha value is -2.03. The smallest absolute Gasteiger partial charge is 0.230 e. The Morgan fingerprint density at radius 2 is 2.24 bits per heavy atom. The molecule has 0 radical (unpaired) electrons. The van der Waals surface area contributed by atoms with E-state index < -0.39 is 0 Å². The molecule has 128 valence electrons. The maximum absolute atomic E-state index is 11.6. The van der Waals surface area contributed by atoms with Crippen LogP contribution in [0, 0.1) is 6.92 Å². The Balaban J connectivity index is 1.68. The Morgan fingerprint density at radius 1 is 1.36 bits per heavy atom. The summed E-state index contributed by atoms with van der Waals surface area (Å²) in [5.41, 5.74) is 1.75. The molecule has 0 aliphatic heterocycles. The zero-order valence-corrected chi connectivity index (χ0v) is 16.0. The minimum Gasteiger partial charge on any atom is -0.352 e. The summed E-state index contributed by atoms with van der Waals surface area (Å²) >= 11 is 4.65. The molecule has 5 nitrogen and oxygen atoms in total. The van der Waals surface area contributed by atoms with Gasteiger partial charge in [-0.05, 0) is 30.5 Å². The van der Waals surface area contributed by atoms with Crippen LogP contribution in [0.15, 0.2) is 47.3 Å². The average Bonchev–Trinajstić information content (AvgIpc) is 3.28. The van der Waals surface area contributed by atoms with Gasteiger partial charge in [-0.3, -0.25) is 4.79 Å². The van der Waals surface area contributed by atoms with Gasteiger partial charge < -0.3 is 5.32 Å². The summed E-state index contributed by atoms with van der Waals surface area (Å²) in [6.45, 7) is 6.02. The molecular weight excluding hydrogens is 372 g/mol. The fourth-order valence-corrected chi connectivity index (χ4v) is 4.51. The molecule has 0 aliphatic rings. The number of thioether (sulfide) groups is 1. The Bertz CT molecular complexity index is 857. The number of thiophene rings is 1. The van der Waals surface area contributed by atoms with Crippen molar-refractivity contribution in [2.75, 3.05) is 12.3 Å². The van der Waals surface area contributed by atoms with E-state index in [1.54, 1.807) is 28.7 Å². The van der Waals surface area contributed by atoms with Crippen molar-refractivity contribution in [2.24, 2.45) is 0 Å². The first kappa shape index (κ1) is 17.8.